The van der Waals surface area contributed by atoms with E-state index in [-0.39, 0.29) is 12.5 Å². The molecule has 0 spiro atoms. The van der Waals surface area contributed by atoms with Crippen LogP contribution in [0.1, 0.15) is 24.1 Å². The SMILES string of the molecule is O=C(CCCc1ccccn1)N(CCO)Cc1cccc(Cl)c1. The molecule has 1 aromatic heterocycles. The van der Waals surface area contributed by atoms with E-state index in [1.807, 2.05) is 36.4 Å². The maximum absolute atomic E-state index is 12.4. The number of benzene rings is 1. The molecule has 2 aromatic rings. The number of amides is 1. The molecule has 0 saturated heterocycles. The van der Waals surface area contributed by atoms with E-state index < -0.39 is 0 Å². The van der Waals surface area contributed by atoms with Gasteiger partial charge < -0.3 is 10.0 Å². The van der Waals surface area contributed by atoms with Crippen LogP contribution in [0.2, 0.25) is 5.02 Å². The second-order valence-corrected chi connectivity index (χ2v) is 5.78. The monoisotopic (exact) mass is 332 g/mol. The Balaban J connectivity index is 1.87. The molecule has 0 bridgehead atoms. The Bertz CT molecular complexity index is 619. The zero-order valence-electron chi connectivity index (χ0n) is 13.0. The number of nitrogens with zero attached hydrogens (tertiary/aromatic N) is 2. The van der Waals surface area contributed by atoms with Crippen molar-refractivity contribution in [2.75, 3.05) is 13.2 Å². The molecule has 5 heteroatoms. The molecule has 122 valence electrons. The van der Waals surface area contributed by atoms with E-state index in [9.17, 15) is 9.90 Å². The number of aryl methyl sites for hydroxylation is 1. The third-order valence-corrected chi connectivity index (χ3v) is 3.77. The van der Waals surface area contributed by atoms with E-state index in [0.717, 1.165) is 24.1 Å². The van der Waals surface area contributed by atoms with Crippen LogP contribution in [0.5, 0.6) is 0 Å². The van der Waals surface area contributed by atoms with Gasteiger partial charge in [-0.25, -0.2) is 0 Å². The molecule has 23 heavy (non-hydrogen) atoms. The summed E-state index contributed by atoms with van der Waals surface area (Å²) in [6.45, 7) is 0.741. The maximum atomic E-state index is 12.4. The lowest BCUT2D eigenvalue weighted by molar-refractivity contribution is -0.132. The molecule has 0 aliphatic carbocycles. The van der Waals surface area contributed by atoms with Gasteiger partial charge in [-0.2, -0.15) is 0 Å². The first-order chi connectivity index (χ1) is 11.2. The van der Waals surface area contributed by atoms with Crippen LogP contribution in [-0.4, -0.2) is 34.0 Å². The Hall–Kier alpha value is -1.91. The zero-order chi connectivity index (χ0) is 16.5. The summed E-state index contributed by atoms with van der Waals surface area (Å²) < 4.78 is 0. The molecule has 0 unspecified atom stereocenters. The van der Waals surface area contributed by atoms with E-state index in [1.54, 1.807) is 17.2 Å². The summed E-state index contributed by atoms with van der Waals surface area (Å²) in [5, 5.41) is 9.84. The van der Waals surface area contributed by atoms with Gasteiger partial charge in [0.25, 0.3) is 0 Å². The average Bonchev–Trinajstić information content (AvgIpc) is 2.55. The Morgan fingerprint density at radius 3 is 2.78 bits per heavy atom. The average molecular weight is 333 g/mol. The molecule has 2 rings (SSSR count). The largest absolute Gasteiger partial charge is 0.395 e. The summed E-state index contributed by atoms with van der Waals surface area (Å²) in [6.07, 6.45) is 3.72. The number of halogens is 1. The summed E-state index contributed by atoms with van der Waals surface area (Å²) in [7, 11) is 0. The lowest BCUT2D eigenvalue weighted by atomic mass is 10.1. The molecule has 0 radical (unpaired) electrons. The van der Waals surface area contributed by atoms with Crippen molar-refractivity contribution in [2.24, 2.45) is 0 Å². The number of hydrogen-bond donors (Lipinski definition) is 1. The number of aliphatic hydroxyl groups excluding tert-OH is 1. The molecular formula is C18H21ClN2O2. The van der Waals surface area contributed by atoms with Crippen molar-refractivity contribution in [3.05, 3.63) is 64.9 Å². The normalized spacial score (nSPS) is 10.5. The number of hydrogen-bond acceptors (Lipinski definition) is 3. The number of aliphatic hydroxyl groups is 1. The zero-order valence-corrected chi connectivity index (χ0v) is 13.7. The molecule has 0 atom stereocenters. The van der Waals surface area contributed by atoms with Crippen LogP contribution in [0, 0.1) is 0 Å². The fraction of sp³-hybridized carbons (Fsp3) is 0.333. The highest BCUT2D eigenvalue weighted by atomic mass is 35.5. The van der Waals surface area contributed by atoms with Crippen LogP contribution >= 0.6 is 11.6 Å². The van der Waals surface area contributed by atoms with E-state index in [2.05, 4.69) is 4.98 Å². The van der Waals surface area contributed by atoms with Crippen molar-refractivity contribution < 1.29 is 9.90 Å². The fourth-order valence-corrected chi connectivity index (χ4v) is 2.61. The van der Waals surface area contributed by atoms with Crippen LogP contribution < -0.4 is 0 Å². The third-order valence-electron chi connectivity index (χ3n) is 3.53. The van der Waals surface area contributed by atoms with Gasteiger partial charge in [0.15, 0.2) is 0 Å². The Kier molecular flexibility index (Phi) is 7.04. The first-order valence-electron chi connectivity index (χ1n) is 7.72. The first-order valence-corrected chi connectivity index (χ1v) is 8.10. The Morgan fingerprint density at radius 1 is 1.22 bits per heavy atom. The van der Waals surface area contributed by atoms with E-state index >= 15 is 0 Å². The molecule has 0 fully saturated rings. The van der Waals surface area contributed by atoms with Gasteiger partial charge in [-0.1, -0.05) is 29.8 Å². The maximum Gasteiger partial charge on any atom is 0.222 e. The predicted molar refractivity (Wildman–Crippen MR) is 91.1 cm³/mol. The van der Waals surface area contributed by atoms with Gasteiger partial charge in [0.1, 0.15) is 0 Å². The van der Waals surface area contributed by atoms with Gasteiger partial charge in [-0.15, -0.1) is 0 Å². The Labute approximate surface area is 141 Å². The predicted octanol–water partition coefficient (Wildman–Crippen LogP) is 3.08. The van der Waals surface area contributed by atoms with Gasteiger partial charge in [-0.3, -0.25) is 9.78 Å². The van der Waals surface area contributed by atoms with E-state index in [0.29, 0.717) is 24.5 Å². The smallest absolute Gasteiger partial charge is 0.222 e. The van der Waals surface area contributed by atoms with E-state index in [1.165, 1.54) is 0 Å². The van der Waals surface area contributed by atoms with Crippen molar-refractivity contribution in [3.8, 4) is 0 Å². The quantitative estimate of drug-likeness (QED) is 0.808. The summed E-state index contributed by atoms with van der Waals surface area (Å²) >= 11 is 5.98. The molecule has 4 nitrogen and oxygen atoms in total. The number of aromatic nitrogens is 1. The number of rotatable bonds is 8. The summed E-state index contributed by atoms with van der Waals surface area (Å²) in [4.78, 5) is 18.3. The van der Waals surface area contributed by atoms with Crippen molar-refractivity contribution in [2.45, 2.75) is 25.8 Å². The van der Waals surface area contributed by atoms with Gasteiger partial charge in [0.05, 0.1) is 6.61 Å². The van der Waals surface area contributed by atoms with E-state index in [4.69, 9.17) is 11.6 Å². The number of carbonyl (C=O) groups is 1. The third kappa shape index (κ3) is 6.00. The minimum atomic E-state index is -0.0491. The molecule has 1 N–H and O–H groups in total. The minimum Gasteiger partial charge on any atom is -0.395 e. The van der Waals surface area contributed by atoms with Gasteiger partial charge >= 0.3 is 0 Å². The van der Waals surface area contributed by atoms with Crippen molar-refractivity contribution in [3.63, 3.8) is 0 Å². The second-order valence-electron chi connectivity index (χ2n) is 5.34. The van der Waals surface area contributed by atoms with Gasteiger partial charge in [-0.05, 0) is 42.7 Å². The van der Waals surface area contributed by atoms with Crippen molar-refractivity contribution >= 4 is 17.5 Å². The molecule has 1 amide bonds. The number of pyridine rings is 1. The highest BCUT2D eigenvalue weighted by molar-refractivity contribution is 6.30. The molecule has 1 aromatic carbocycles. The summed E-state index contributed by atoms with van der Waals surface area (Å²) in [5.41, 5.74) is 1.95. The molecular weight excluding hydrogens is 312 g/mol. The molecule has 0 aliphatic rings. The van der Waals surface area contributed by atoms with Gasteiger partial charge in [0, 0.05) is 36.4 Å². The highest BCUT2D eigenvalue weighted by Crippen LogP contribution is 2.14. The summed E-state index contributed by atoms with van der Waals surface area (Å²) in [6, 6.07) is 13.2. The molecule has 0 aliphatic heterocycles. The Morgan fingerprint density at radius 2 is 2.09 bits per heavy atom. The van der Waals surface area contributed by atoms with Crippen LogP contribution in [0.25, 0.3) is 0 Å². The lowest BCUT2D eigenvalue weighted by Crippen LogP contribution is -2.33. The minimum absolute atomic E-state index is 0.0370. The topological polar surface area (TPSA) is 53.4 Å². The van der Waals surface area contributed by atoms with Crippen LogP contribution in [0.4, 0.5) is 0 Å². The first kappa shape index (κ1) is 17.4. The second kappa shape index (κ2) is 9.28. The molecule has 1 heterocycles. The van der Waals surface area contributed by atoms with Crippen LogP contribution in [0.15, 0.2) is 48.7 Å². The van der Waals surface area contributed by atoms with Crippen LogP contribution in [-0.2, 0) is 17.8 Å². The van der Waals surface area contributed by atoms with Gasteiger partial charge in [0.2, 0.25) is 5.91 Å². The molecule has 0 saturated carbocycles. The summed E-state index contributed by atoms with van der Waals surface area (Å²) in [5.74, 6) is 0.0370. The van der Waals surface area contributed by atoms with Crippen LogP contribution in [0.3, 0.4) is 0 Å². The number of carbonyl (C=O) groups excluding carboxylic acids is 1. The van der Waals surface area contributed by atoms with Crippen molar-refractivity contribution in [1.29, 1.82) is 0 Å². The van der Waals surface area contributed by atoms with Crippen molar-refractivity contribution in [1.82, 2.24) is 9.88 Å². The standard InChI is InChI=1S/C18H21ClN2O2/c19-16-6-3-5-15(13-16)14-21(11-12-22)18(23)9-4-8-17-7-1-2-10-20-17/h1-3,5-7,10,13,22H,4,8-9,11-12,14H2. The highest BCUT2D eigenvalue weighted by Gasteiger charge is 2.13. The lowest BCUT2D eigenvalue weighted by Gasteiger charge is -2.22. The fourth-order valence-electron chi connectivity index (χ4n) is 2.39.